The molecule has 0 radical (unpaired) electrons. The smallest absolute Gasteiger partial charge is 0.251 e. The van der Waals surface area contributed by atoms with Gasteiger partial charge in [0.2, 0.25) is 0 Å². The maximum atomic E-state index is 11.5. The van der Waals surface area contributed by atoms with E-state index in [1.165, 1.54) is 12.8 Å². The minimum absolute atomic E-state index is 0.0551. The molecule has 1 aromatic rings. The molecule has 4 nitrogen and oxygen atoms in total. The van der Waals surface area contributed by atoms with E-state index in [9.17, 15) is 4.79 Å². The third-order valence-electron chi connectivity index (χ3n) is 2.96. The molecule has 2 rings (SSSR count). The van der Waals surface area contributed by atoms with Crippen LogP contribution in [0.5, 0.6) is 0 Å². The quantitative estimate of drug-likeness (QED) is 0.658. The lowest BCUT2D eigenvalue weighted by molar-refractivity contribution is 0.0315. The Labute approximate surface area is 112 Å². The zero-order valence-electron chi connectivity index (χ0n) is 10.8. The van der Waals surface area contributed by atoms with Crippen LogP contribution in [0.15, 0.2) is 16.0 Å². The number of hydrogen-bond acceptors (Lipinski definition) is 4. The van der Waals surface area contributed by atoms with Gasteiger partial charge in [-0.1, -0.05) is 25.1 Å². The standard InChI is InChI=1S/C13H20N2O2S/c1-2-5-10-8-12(16)15-13(14-10)18-9-11-6-3-4-7-17-11/h8,11H,2-7,9H2,1H3,(H,14,15,16)/t11-/m1/s1. The fraction of sp³-hybridized carbons (Fsp3) is 0.692. The highest BCUT2D eigenvalue weighted by Gasteiger charge is 2.14. The highest BCUT2D eigenvalue weighted by Crippen LogP contribution is 2.20. The molecule has 1 aliphatic heterocycles. The van der Waals surface area contributed by atoms with Gasteiger partial charge in [0.1, 0.15) is 0 Å². The summed E-state index contributed by atoms with van der Waals surface area (Å²) in [6.45, 7) is 2.95. The fourth-order valence-corrected chi connectivity index (χ4v) is 3.01. The summed E-state index contributed by atoms with van der Waals surface area (Å²) in [4.78, 5) is 18.7. The van der Waals surface area contributed by atoms with Crippen LogP contribution in [-0.2, 0) is 11.2 Å². The molecular formula is C13H20N2O2S. The predicted molar refractivity (Wildman–Crippen MR) is 73.2 cm³/mol. The first-order valence-electron chi connectivity index (χ1n) is 6.62. The number of aromatic nitrogens is 2. The van der Waals surface area contributed by atoms with Gasteiger partial charge >= 0.3 is 0 Å². The Morgan fingerprint density at radius 3 is 3.17 bits per heavy atom. The summed E-state index contributed by atoms with van der Waals surface area (Å²) in [5.74, 6) is 0.874. The van der Waals surface area contributed by atoms with E-state index in [2.05, 4.69) is 16.9 Å². The highest BCUT2D eigenvalue weighted by molar-refractivity contribution is 7.99. The number of hydrogen-bond donors (Lipinski definition) is 1. The zero-order valence-corrected chi connectivity index (χ0v) is 11.6. The van der Waals surface area contributed by atoms with E-state index in [4.69, 9.17) is 4.74 Å². The monoisotopic (exact) mass is 268 g/mol. The van der Waals surface area contributed by atoms with Crippen molar-refractivity contribution < 1.29 is 4.74 Å². The first-order valence-corrected chi connectivity index (χ1v) is 7.61. The largest absolute Gasteiger partial charge is 0.377 e. The van der Waals surface area contributed by atoms with Crippen molar-refractivity contribution in [3.05, 3.63) is 22.1 Å². The van der Waals surface area contributed by atoms with Crippen LogP contribution in [-0.4, -0.2) is 28.4 Å². The van der Waals surface area contributed by atoms with Gasteiger partial charge in [-0.3, -0.25) is 4.79 Å². The van der Waals surface area contributed by atoms with Crippen molar-refractivity contribution in [2.24, 2.45) is 0 Å². The Hall–Kier alpha value is -0.810. The fourth-order valence-electron chi connectivity index (χ4n) is 2.05. The Bertz CT molecular complexity index is 427. The molecular weight excluding hydrogens is 248 g/mol. The summed E-state index contributed by atoms with van der Waals surface area (Å²) in [6, 6.07) is 1.59. The molecule has 1 atom stereocenters. The topological polar surface area (TPSA) is 55.0 Å². The molecule has 0 spiro atoms. The molecule has 1 aliphatic rings. The predicted octanol–water partition coefficient (Wildman–Crippen LogP) is 2.38. The Kier molecular flexibility index (Phi) is 5.26. The second kappa shape index (κ2) is 6.95. The van der Waals surface area contributed by atoms with Crippen LogP contribution in [0, 0.1) is 0 Å². The number of rotatable bonds is 5. The molecule has 18 heavy (non-hydrogen) atoms. The number of nitrogens with zero attached hydrogens (tertiary/aromatic N) is 1. The first kappa shape index (κ1) is 13.6. The Morgan fingerprint density at radius 1 is 1.56 bits per heavy atom. The number of aromatic amines is 1. The van der Waals surface area contributed by atoms with E-state index in [1.807, 2.05) is 0 Å². The summed E-state index contributed by atoms with van der Waals surface area (Å²) in [6.07, 6.45) is 5.70. The number of H-pyrrole nitrogens is 1. The van der Waals surface area contributed by atoms with Crippen molar-refractivity contribution in [3.8, 4) is 0 Å². The van der Waals surface area contributed by atoms with E-state index in [1.54, 1.807) is 17.8 Å². The maximum absolute atomic E-state index is 11.5. The van der Waals surface area contributed by atoms with Gasteiger partial charge < -0.3 is 9.72 Å². The van der Waals surface area contributed by atoms with Crippen molar-refractivity contribution in [3.63, 3.8) is 0 Å². The minimum Gasteiger partial charge on any atom is -0.377 e. The van der Waals surface area contributed by atoms with Crippen molar-refractivity contribution in [2.75, 3.05) is 12.4 Å². The van der Waals surface area contributed by atoms with Crippen molar-refractivity contribution in [1.29, 1.82) is 0 Å². The molecule has 0 aliphatic carbocycles. The van der Waals surface area contributed by atoms with Gasteiger partial charge in [0.25, 0.3) is 5.56 Å². The van der Waals surface area contributed by atoms with Crippen LogP contribution >= 0.6 is 11.8 Å². The number of aryl methyl sites for hydroxylation is 1. The Morgan fingerprint density at radius 2 is 2.44 bits per heavy atom. The molecule has 0 amide bonds. The molecule has 0 bridgehead atoms. The second-order valence-corrected chi connectivity index (χ2v) is 5.60. The third kappa shape index (κ3) is 4.14. The van der Waals surface area contributed by atoms with Crippen LogP contribution in [0.1, 0.15) is 38.3 Å². The van der Waals surface area contributed by atoms with Gasteiger partial charge in [-0.15, -0.1) is 0 Å². The first-order chi connectivity index (χ1) is 8.78. The van der Waals surface area contributed by atoms with Gasteiger partial charge in [-0.05, 0) is 25.7 Å². The SMILES string of the molecule is CCCc1cc(=O)[nH]c(SC[C@H]2CCCCO2)n1. The molecule has 1 saturated heterocycles. The molecule has 1 fully saturated rings. The number of nitrogens with one attached hydrogen (secondary N) is 1. The minimum atomic E-state index is -0.0551. The van der Waals surface area contributed by atoms with Gasteiger partial charge in [0.05, 0.1) is 6.10 Å². The lowest BCUT2D eigenvalue weighted by atomic mass is 10.1. The van der Waals surface area contributed by atoms with Crippen LogP contribution in [0.2, 0.25) is 0 Å². The summed E-state index contributed by atoms with van der Waals surface area (Å²) in [5.41, 5.74) is 0.828. The van der Waals surface area contributed by atoms with E-state index in [-0.39, 0.29) is 5.56 Å². The van der Waals surface area contributed by atoms with Crippen LogP contribution in [0.3, 0.4) is 0 Å². The van der Waals surface area contributed by atoms with Gasteiger partial charge in [-0.25, -0.2) is 4.98 Å². The van der Waals surface area contributed by atoms with Crippen LogP contribution in [0.4, 0.5) is 0 Å². The van der Waals surface area contributed by atoms with Gasteiger partial charge in [0.15, 0.2) is 5.16 Å². The molecule has 1 aromatic heterocycles. The maximum Gasteiger partial charge on any atom is 0.251 e. The van der Waals surface area contributed by atoms with Crippen molar-refractivity contribution in [1.82, 2.24) is 9.97 Å². The lowest BCUT2D eigenvalue weighted by Gasteiger charge is -2.21. The van der Waals surface area contributed by atoms with E-state index < -0.39 is 0 Å². The van der Waals surface area contributed by atoms with Gasteiger partial charge in [0, 0.05) is 24.1 Å². The summed E-state index contributed by atoms with van der Waals surface area (Å²) in [7, 11) is 0. The van der Waals surface area contributed by atoms with Crippen LogP contribution < -0.4 is 5.56 Å². The summed E-state index contributed by atoms with van der Waals surface area (Å²) in [5, 5.41) is 0.722. The molecule has 2 heterocycles. The molecule has 0 aromatic carbocycles. The molecule has 5 heteroatoms. The molecule has 100 valence electrons. The van der Waals surface area contributed by atoms with Crippen LogP contribution in [0.25, 0.3) is 0 Å². The van der Waals surface area contributed by atoms with Gasteiger partial charge in [-0.2, -0.15) is 0 Å². The highest BCUT2D eigenvalue weighted by atomic mass is 32.2. The van der Waals surface area contributed by atoms with E-state index in [0.717, 1.165) is 42.5 Å². The summed E-state index contributed by atoms with van der Waals surface area (Å²) >= 11 is 1.59. The van der Waals surface area contributed by atoms with E-state index in [0.29, 0.717) is 6.10 Å². The second-order valence-electron chi connectivity index (χ2n) is 4.59. The average Bonchev–Trinajstić information content (AvgIpc) is 2.37. The number of ether oxygens (including phenoxy) is 1. The average molecular weight is 268 g/mol. The Balaban J connectivity index is 1.93. The summed E-state index contributed by atoms with van der Waals surface area (Å²) < 4.78 is 5.67. The van der Waals surface area contributed by atoms with Crippen molar-refractivity contribution >= 4 is 11.8 Å². The third-order valence-corrected chi connectivity index (χ3v) is 3.96. The molecule has 1 N–H and O–H groups in total. The zero-order chi connectivity index (χ0) is 12.8. The lowest BCUT2D eigenvalue weighted by Crippen LogP contribution is -2.21. The van der Waals surface area contributed by atoms with Crippen molar-refractivity contribution in [2.45, 2.75) is 50.3 Å². The molecule has 0 saturated carbocycles. The normalized spacial score (nSPS) is 19.9. The number of thioether (sulfide) groups is 1. The van der Waals surface area contributed by atoms with E-state index >= 15 is 0 Å². The molecule has 0 unspecified atom stereocenters.